The molecule has 1 aliphatic heterocycles. The van der Waals surface area contributed by atoms with Gasteiger partial charge in [0.2, 0.25) is 17.1 Å². The summed E-state index contributed by atoms with van der Waals surface area (Å²) >= 11 is 2.69. The molecular weight excluding hydrogens is 725 g/mol. The van der Waals surface area contributed by atoms with E-state index in [-0.39, 0.29) is 35.3 Å². The number of carbonyl (C=O) groups is 2. The molecule has 11 nitrogen and oxygen atoms in total. The molecule has 1 amide bonds. The highest BCUT2D eigenvalue weighted by molar-refractivity contribution is 7.12. The summed E-state index contributed by atoms with van der Waals surface area (Å²) in [6.07, 6.45) is 2.88. The van der Waals surface area contributed by atoms with Crippen molar-refractivity contribution in [2.24, 2.45) is 5.41 Å². The van der Waals surface area contributed by atoms with Gasteiger partial charge in [-0.15, -0.1) is 22.7 Å². The molecule has 1 saturated heterocycles. The number of carbonyl (C=O) groups excluding carboxylic acids is 2. The van der Waals surface area contributed by atoms with E-state index in [9.17, 15) is 29.7 Å². The van der Waals surface area contributed by atoms with Gasteiger partial charge in [0.15, 0.2) is 0 Å². The number of phenolic OH excluding ortho intramolecular Hbond substituents is 1. The number of aromatic hydroxyl groups is 1. The Balaban J connectivity index is 0.842. The lowest BCUT2D eigenvalue weighted by Crippen LogP contribution is -2.52. The molecule has 6 N–H and O–H groups in total. The number of H-pyrrole nitrogens is 1. The fourth-order valence-electron chi connectivity index (χ4n) is 7.85. The summed E-state index contributed by atoms with van der Waals surface area (Å²) in [6.45, 7) is 7.18. The first-order chi connectivity index (χ1) is 25.9. The second-order valence-electron chi connectivity index (χ2n) is 14.8. The predicted molar refractivity (Wildman–Crippen MR) is 211 cm³/mol. The first-order valence-corrected chi connectivity index (χ1v) is 20.1. The minimum absolute atomic E-state index is 0.0335. The lowest BCUT2D eigenvalue weighted by Gasteiger charge is -2.51. The molecule has 0 bridgehead atoms. The van der Waals surface area contributed by atoms with Gasteiger partial charge in [0, 0.05) is 43.2 Å². The third-order valence-electron chi connectivity index (χ3n) is 11.1. The highest BCUT2D eigenvalue weighted by Crippen LogP contribution is 2.51. The normalized spacial score (nSPS) is 16.7. The van der Waals surface area contributed by atoms with Gasteiger partial charge in [-0.05, 0) is 121 Å². The molecule has 284 valence electrons. The van der Waals surface area contributed by atoms with Gasteiger partial charge in [0.1, 0.15) is 11.9 Å². The summed E-state index contributed by atoms with van der Waals surface area (Å²) in [4.78, 5) is 44.2. The van der Waals surface area contributed by atoms with Gasteiger partial charge in [-0.3, -0.25) is 9.59 Å². The average molecular weight is 771 g/mol. The largest absolute Gasteiger partial charge is 0.506 e. The molecular formula is C41H46N4O7S2. The van der Waals surface area contributed by atoms with Gasteiger partial charge >= 0.3 is 5.97 Å². The summed E-state index contributed by atoms with van der Waals surface area (Å²) in [5, 5.41) is 43.3. The smallest absolute Gasteiger partial charge is 0.349 e. The Morgan fingerprint density at radius 1 is 1.02 bits per heavy atom. The van der Waals surface area contributed by atoms with Gasteiger partial charge in [0.25, 0.3) is 0 Å². The number of benzene rings is 2. The van der Waals surface area contributed by atoms with E-state index in [2.05, 4.69) is 20.5 Å². The summed E-state index contributed by atoms with van der Waals surface area (Å²) in [6, 6.07) is 17.3. The second kappa shape index (κ2) is 15.8. The van der Waals surface area contributed by atoms with Crippen LogP contribution in [0.5, 0.6) is 5.75 Å². The number of aromatic amines is 1. The first-order valence-electron chi connectivity index (χ1n) is 18.3. The van der Waals surface area contributed by atoms with E-state index in [1.807, 2.05) is 48.9 Å². The van der Waals surface area contributed by atoms with Crippen molar-refractivity contribution in [1.29, 1.82) is 0 Å². The number of anilines is 1. The molecule has 0 radical (unpaired) electrons. The molecule has 1 atom stereocenters. The van der Waals surface area contributed by atoms with E-state index in [4.69, 9.17) is 4.74 Å². The maximum absolute atomic E-state index is 13.4. The van der Waals surface area contributed by atoms with Crippen molar-refractivity contribution in [2.45, 2.75) is 70.3 Å². The molecule has 2 aliphatic rings. The molecule has 0 unspecified atom stereocenters. The molecule has 5 aromatic rings. The van der Waals surface area contributed by atoms with Crippen LogP contribution in [0.25, 0.3) is 10.9 Å². The van der Waals surface area contributed by atoms with Crippen molar-refractivity contribution >= 4 is 51.1 Å². The lowest BCUT2D eigenvalue weighted by molar-refractivity contribution is -0.181. The number of fused-ring (bicyclic) bond motifs is 1. The Bertz CT molecular complexity index is 2130. The van der Waals surface area contributed by atoms with Crippen LogP contribution in [0.1, 0.15) is 70.2 Å². The first kappa shape index (κ1) is 37.9. The van der Waals surface area contributed by atoms with Crippen LogP contribution < -0.4 is 16.2 Å². The van der Waals surface area contributed by atoms with E-state index in [0.717, 1.165) is 61.2 Å². The molecule has 1 aliphatic carbocycles. The number of aryl methyl sites for hydroxylation is 2. The van der Waals surface area contributed by atoms with Crippen molar-refractivity contribution in [3.63, 3.8) is 0 Å². The Morgan fingerprint density at radius 2 is 1.72 bits per heavy atom. The minimum Gasteiger partial charge on any atom is -0.506 e. The molecule has 2 fully saturated rings. The molecule has 1 spiro atoms. The van der Waals surface area contributed by atoms with E-state index >= 15 is 0 Å². The number of ether oxygens (including phenoxy) is 1. The number of hydrogen-bond acceptors (Lipinski definition) is 11. The standard InChI is InChI=1S/C41H46N4O7S2/c1-25-20-31(26(2)19-27(25)23-42-24-33(47)29-7-9-32(46)38-30(29)8-10-36(48)44-38)43-37(49)11-14-45-15-12-40(13-16-45)21-28(22-40)52-39(50)41(51,34-5-3-17-53-34)35-6-4-18-54-35/h3-10,17-20,28,33,42,46-47,51H,11-16,21-24H2,1-2H3,(H,43,49)(H,44,48)/t33-/m0/s1. The number of rotatable bonds is 13. The van der Waals surface area contributed by atoms with E-state index in [1.165, 1.54) is 34.8 Å². The number of aliphatic hydroxyl groups is 2. The van der Waals surface area contributed by atoms with Crippen LogP contribution in [-0.4, -0.2) is 69.4 Å². The van der Waals surface area contributed by atoms with Gasteiger partial charge in [-0.25, -0.2) is 4.79 Å². The molecule has 13 heteroatoms. The molecule has 2 aromatic carbocycles. The zero-order valence-corrected chi connectivity index (χ0v) is 32.0. The number of aromatic nitrogens is 1. The van der Waals surface area contributed by atoms with Crippen LogP contribution in [0.2, 0.25) is 0 Å². The summed E-state index contributed by atoms with van der Waals surface area (Å²) < 4.78 is 5.91. The molecule has 1 saturated carbocycles. The van der Waals surface area contributed by atoms with Crippen molar-refractivity contribution in [3.05, 3.63) is 114 Å². The van der Waals surface area contributed by atoms with E-state index in [1.54, 1.807) is 24.3 Å². The monoisotopic (exact) mass is 770 g/mol. The maximum Gasteiger partial charge on any atom is 0.349 e. The van der Waals surface area contributed by atoms with Crippen LogP contribution in [-0.2, 0) is 26.5 Å². The molecule has 7 rings (SSSR count). The highest BCUT2D eigenvalue weighted by Gasteiger charge is 2.51. The number of esters is 1. The summed E-state index contributed by atoms with van der Waals surface area (Å²) in [7, 11) is 0. The zero-order chi connectivity index (χ0) is 38.0. The van der Waals surface area contributed by atoms with Crippen molar-refractivity contribution in [1.82, 2.24) is 15.2 Å². The van der Waals surface area contributed by atoms with E-state index in [0.29, 0.717) is 45.7 Å². The lowest BCUT2D eigenvalue weighted by atomic mass is 9.61. The highest BCUT2D eigenvalue weighted by atomic mass is 32.1. The number of phenols is 1. The Kier molecular flexibility index (Phi) is 11.1. The predicted octanol–water partition coefficient (Wildman–Crippen LogP) is 5.85. The number of thiophene rings is 2. The number of pyridine rings is 1. The Hall–Kier alpha value is -4.37. The topological polar surface area (TPSA) is 164 Å². The van der Waals surface area contributed by atoms with Gasteiger partial charge in [-0.2, -0.15) is 0 Å². The Morgan fingerprint density at radius 3 is 2.39 bits per heavy atom. The van der Waals surface area contributed by atoms with Gasteiger partial charge in [0.05, 0.1) is 21.4 Å². The third-order valence-corrected chi connectivity index (χ3v) is 13.1. The van der Waals surface area contributed by atoms with Crippen molar-refractivity contribution in [2.75, 3.05) is 31.5 Å². The van der Waals surface area contributed by atoms with Gasteiger partial charge < -0.3 is 40.6 Å². The average Bonchev–Trinajstić information content (AvgIpc) is 3.89. The van der Waals surface area contributed by atoms with Crippen molar-refractivity contribution < 1.29 is 29.6 Å². The maximum atomic E-state index is 13.4. The number of piperidine rings is 1. The number of aliphatic hydroxyl groups excluding tert-OH is 1. The zero-order valence-electron chi connectivity index (χ0n) is 30.4. The Labute approximate surface area is 321 Å². The molecule has 54 heavy (non-hydrogen) atoms. The molecule has 4 heterocycles. The van der Waals surface area contributed by atoms with Crippen LogP contribution in [0, 0.1) is 19.3 Å². The van der Waals surface area contributed by atoms with Crippen LogP contribution in [0.15, 0.2) is 76.2 Å². The number of likely N-dealkylation sites (tertiary alicyclic amines) is 1. The summed E-state index contributed by atoms with van der Waals surface area (Å²) in [5.41, 5.74) is 2.72. The number of hydrogen-bond donors (Lipinski definition) is 6. The fraction of sp³-hybridized carbons (Fsp3) is 0.390. The number of amides is 1. The van der Waals surface area contributed by atoms with Crippen molar-refractivity contribution in [3.8, 4) is 5.75 Å². The van der Waals surface area contributed by atoms with Gasteiger partial charge in [-0.1, -0.05) is 24.3 Å². The van der Waals surface area contributed by atoms with Crippen LogP contribution in [0.3, 0.4) is 0 Å². The quantitative estimate of drug-likeness (QED) is 0.0807. The number of nitrogens with zero attached hydrogens (tertiary/aromatic N) is 1. The third kappa shape index (κ3) is 7.88. The minimum atomic E-state index is -1.78. The summed E-state index contributed by atoms with van der Waals surface area (Å²) in [5.74, 6) is -0.690. The van der Waals surface area contributed by atoms with E-state index < -0.39 is 17.7 Å². The van der Waals surface area contributed by atoms with Crippen LogP contribution in [0.4, 0.5) is 5.69 Å². The van der Waals surface area contributed by atoms with Crippen LogP contribution >= 0.6 is 22.7 Å². The molecule has 3 aromatic heterocycles. The number of nitrogens with one attached hydrogen (secondary N) is 3. The second-order valence-corrected chi connectivity index (χ2v) is 16.7. The fourth-order valence-corrected chi connectivity index (χ4v) is 9.57. The SMILES string of the molecule is Cc1cc(NC(=O)CCN2CCC3(CC2)CC(OC(=O)C(O)(c2cccs2)c2cccs2)C3)c(C)cc1CNC[C@H](O)c1ccc(O)c2[nH]c(=O)ccc12.